The number of hydrogen-bond donors (Lipinski definition) is 1. The lowest BCUT2D eigenvalue weighted by atomic mass is 9.93. The number of hydrogen-bond acceptors (Lipinski definition) is 3. The Balaban J connectivity index is 2.56. The number of alkyl halides is 1. The molecule has 3 nitrogen and oxygen atoms in total. The van der Waals surface area contributed by atoms with Gasteiger partial charge in [-0.2, -0.15) is 0 Å². The summed E-state index contributed by atoms with van der Waals surface area (Å²) in [5, 5.41) is 9.20. The number of aliphatic hydroxyl groups is 1. The number of methoxy groups -OCH3 is 1. The van der Waals surface area contributed by atoms with Gasteiger partial charge in [-0.05, 0) is 34.7 Å². The average Bonchev–Trinajstić information content (AvgIpc) is 2.56. The zero-order valence-corrected chi connectivity index (χ0v) is 14.4. The van der Waals surface area contributed by atoms with Crippen molar-refractivity contribution < 1.29 is 19.0 Å². The maximum atomic E-state index is 12.5. The summed E-state index contributed by atoms with van der Waals surface area (Å²) in [6, 6.07) is 11.1. The summed E-state index contributed by atoms with van der Waals surface area (Å²) in [6.45, 7) is -0.468. The van der Waals surface area contributed by atoms with E-state index in [9.17, 15) is 14.3 Å². The third-order valence-corrected chi connectivity index (χ3v) is 4.39. The van der Waals surface area contributed by atoms with Crippen LogP contribution >= 0.6 is 15.9 Å². The van der Waals surface area contributed by atoms with E-state index in [-0.39, 0.29) is 6.61 Å². The molecule has 2 aromatic carbocycles. The standard InChI is InChI=1S/C18H18BrFO3/c1-23-18(22)17-13(8-10-21)3-2-4-15(17)14-6-5-12(7-9-20)16(19)11-14/h2-6,11,21H,7-10H2,1H3. The van der Waals surface area contributed by atoms with Gasteiger partial charge in [0.25, 0.3) is 0 Å². The molecule has 0 saturated heterocycles. The molecule has 0 fully saturated rings. The smallest absolute Gasteiger partial charge is 0.338 e. The van der Waals surface area contributed by atoms with Gasteiger partial charge in [0.15, 0.2) is 0 Å². The van der Waals surface area contributed by atoms with Gasteiger partial charge in [-0.25, -0.2) is 4.79 Å². The molecule has 23 heavy (non-hydrogen) atoms. The van der Waals surface area contributed by atoms with Crippen molar-refractivity contribution in [2.24, 2.45) is 0 Å². The minimum absolute atomic E-state index is 0.0490. The quantitative estimate of drug-likeness (QED) is 0.771. The van der Waals surface area contributed by atoms with Crippen LogP contribution in [0.2, 0.25) is 0 Å². The van der Waals surface area contributed by atoms with Crippen LogP contribution in [-0.4, -0.2) is 31.5 Å². The summed E-state index contributed by atoms with van der Waals surface area (Å²) in [5.41, 5.74) is 3.63. The van der Waals surface area contributed by atoms with E-state index in [2.05, 4.69) is 15.9 Å². The Morgan fingerprint density at radius 2 is 2.00 bits per heavy atom. The summed E-state index contributed by atoms with van der Waals surface area (Å²) in [4.78, 5) is 12.2. The predicted molar refractivity (Wildman–Crippen MR) is 91.4 cm³/mol. The molecular formula is C18H18BrFO3. The first-order valence-corrected chi connectivity index (χ1v) is 8.07. The van der Waals surface area contributed by atoms with Crippen molar-refractivity contribution in [2.45, 2.75) is 12.8 Å². The molecule has 0 spiro atoms. The number of esters is 1. The van der Waals surface area contributed by atoms with Crippen LogP contribution in [0.1, 0.15) is 21.5 Å². The Morgan fingerprint density at radius 3 is 2.61 bits per heavy atom. The van der Waals surface area contributed by atoms with E-state index in [0.717, 1.165) is 26.7 Å². The number of aliphatic hydroxyl groups excluding tert-OH is 1. The molecule has 2 rings (SSSR count). The predicted octanol–water partition coefficient (Wildman–Crippen LogP) is 3.95. The van der Waals surface area contributed by atoms with Crippen LogP contribution < -0.4 is 0 Å². The van der Waals surface area contributed by atoms with Crippen LogP contribution in [0.5, 0.6) is 0 Å². The molecule has 5 heteroatoms. The first kappa shape index (κ1) is 17.6. The van der Waals surface area contributed by atoms with Gasteiger partial charge in [-0.1, -0.05) is 46.3 Å². The Bertz CT molecular complexity index is 701. The van der Waals surface area contributed by atoms with Crippen LogP contribution in [0, 0.1) is 0 Å². The topological polar surface area (TPSA) is 46.5 Å². The highest BCUT2D eigenvalue weighted by atomic mass is 79.9. The summed E-state index contributed by atoms with van der Waals surface area (Å²) >= 11 is 3.45. The molecule has 0 radical (unpaired) electrons. The number of ether oxygens (including phenoxy) is 1. The molecule has 0 bridgehead atoms. The van der Waals surface area contributed by atoms with Gasteiger partial charge in [0, 0.05) is 17.5 Å². The minimum Gasteiger partial charge on any atom is -0.465 e. The van der Waals surface area contributed by atoms with Gasteiger partial charge in [-0.3, -0.25) is 4.39 Å². The van der Waals surface area contributed by atoms with Gasteiger partial charge in [0.1, 0.15) is 0 Å². The van der Waals surface area contributed by atoms with Crippen molar-refractivity contribution in [1.82, 2.24) is 0 Å². The second-order valence-electron chi connectivity index (χ2n) is 5.05. The molecule has 0 aliphatic carbocycles. The molecule has 0 heterocycles. The lowest BCUT2D eigenvalue weighted by Gasteiger charge is -2.14. The van der Waals surface area contributed by atoms with E-state index in [1.165, 1.54) is 7.11 Å². The maximum Gasteiger partial charge on any atom is 0.338 e. The molecule has 122 valence electrons. The van der Waals surface area contributed by atoms with Gasteiger partial charge >= 0.3 is 5.97 Å². The van der Waals surface area contributed by atoms with Crippen molar-refractivity contribution in [3.05, 3.63) is 57.6 Å². The lowest BCUT2D eigenvalue weighted by molar-refractivity contribution is 0.0600. The van der Waals surface area contributed by atoms with Crippen molar-refractivity contribution in [3.63, 3.8) is 0 Å². The van der Waals surface area contributed by atoms with E-state index in [1.54, 1.807) is 6.07 Å². The molecule has 0 aromatic heterocycles. The molecule has 2 aromatic rings. The fraction of sp³-hybridized carbons (Fsp3) is 0.278. The highest BCUT2D eigenvalue weighted by Crippen LogP contribution is 2.31. The third-order valence-electron chi connectivity index (χ3n) is 3.65. The molecule has 0 saturated carbocycles. The number of halogens is 2. The van der Waals surface area contributed by atoms with Gasteiger partial charge < -0.3 is 9.84 Å². The summed E-state index contributed by atoms with van der Waals surface area (Å²) in [6.07, 6.45) is 0.717. The first-order chi connectivity index (χ1) is 11.1. The number of rotatable bonds is 6. The molecule has 0 aliphatic heterocycles. The summed E-state index contributed by atoms with van der Waals surface area (Å²) < 4.78 is 18.2. The SMILES string of the molecule is COC(=O)c1c(CCO)cccc1-c1ccc(CCF)c(Br)c1. The number of benzene rings is 2. The number of carbonyl (C=O) groups is 1. The molecule has 0 aliphatic rings. The maximum absolute atomic E-state index is 12.5. The largest absolute Gasteiger partial charge is 0.465 e. The van der Waals surface area contributed by atoms with E-state index < -0.39 is 12.6 Å². The van der Waals surface area contributed by atoms with E-state index in [0.29, 0.717) is 18.4 Å². The summed E-state index contributed by atoms with van der Waals surface area (Å²) in [7, 11) is 1.34. The number of aryl methyl sites for hydroxylation is 1. The van der Waals surface area contributed by atoms with E-state index >= 15 is 0 Å². The second-order valence-corrected chi connectivity index (χ2v) is 5.90. The van der Waals surface area contributed by atoms with Crippen molar-refractivity contribution >= 4 is 21.9 Å². The van der Waals surface area contributed by atoms with E-state index in [4.69, 9.17) is 4.74 Å². The van der Waals surface area contributed by atoms with Gasteiger partial charge in [0.05, 0.1) is 19.3 Å². The minimum atomic E-state index is -0.437. The summed E-state index contributed by atoms with van der Waals surface area (Å²) in [5.74, 6) is -0.437. The number of carbonyl (C=O) groups excluding carboxylic acids is 1. The second kappa shape index (κ2) is 8.22. The molecule has 0 amide bonds. The van der Waals surface area contributed by atoms with Gasteiger partial charge in [0.2, 0.25) is 0 Å². The van der Waals surface area contributed by atoms with Crippen molar-refractivity contribution in [3.8, 4) is 11.1 Å². The van der Waals surface area contributed by atoms with Crippen LogP contribution in [0.4, 0.5) is 4.39 Å². The van der Waals surface area contributed by atoms with Crippen LogP contribution in [0.25, 0.3) is 11.1 Å². The van der Waals surface area contributed by atoms with Crippen LogP contribution in [-0.2, 0) is 17.6 Å². The average molecular weight is 381 g/mol. The molecule has 0 atom stereocenters. The zero-order valence-electron chi connectivity index (χ0n) is 12.8. The first-order valence-electron chi connectivity index (χ1n) is 7.28. The molecule has 0 unspecified atom stereocenters. The molecular weight excluding hydrogens is 363 g/mol. The third kappa shape index (κ3) is 3.98. The monoisotopic (exact) mass is 380 g/mol. The fourth-order valence-electron chi connectivity index (χ4n) is 2.53. The zero-order chi connectivity index (χ0) is 16.8. The van der Waals surface area contributed by atoms with Gasteiger partial charge in [-0.15, -0.1) is 0 Å². The highest BCUT2D eigenvalue weighted by molar-refractivity contribution is 9.10. The van der Waals surface area contributed by atoms with Crippen LogP contribution in [0.15, 0.2) is 40.9 Å². The van der Waals surface area contributed by atoms with Crippen molar-refractivity contribution in [1.29, 1.82) is 0 Å². The highest BCUT2D eigenvalue weighted by Gasteiger charge is 2.18. The Morgan fingerprint density at radius 1 is 1.22 bits per heavy atom. The Kier molecular flexibility index (Phi) is 6.30. The van der Waals surface area contributed by atoms with Crippen LogP contribution in [0.3, 0.4) is 0 Å². The Hall–Kier alpha value is -1.72. The molecule has 1 N–H and O–H groups in total. The normalized spacial score (nSPS) is 10.6. The fourth-order valence-corrected chi connectivity index (χ4v) is 3.11. The Labute approximate surface area is 143 Å². The van der Waals surface area contributed by atoms with E-state index in [1.807, 2.05) is 30.3 Å². The van der Waals surface area contributed by atoms with Crippen molar-refractivity contribution in [2.75, 3.05) is 20.4 Å². The lowest BCUT2D eigenvalue weighted by Crippen LogP contribution is -2.09.